The molecule has 0 saturated heterocycles. The van der Waals surface area contributed by atoms with Gasteiger partial charge in [-0.3, -0.25) is 30.0 Å². The van der Waals surface area contributed by atoms with Crippen LogP contribution in [0.3, 0.4) is 0 Å². The highest BCUT2D eigenvalue weighted by Crippen LogP contribution is 2.14. The Balaban J connectivity index is 1.64. The Morgan fingerprint density at radius 2 is 1.65 bits per heavy atom. The van der Waals surface area contributed by atoms with Gasteiger partial charge in [-0.15, -0.1) is 0 Å². The van der Waals surface area contributed by atoms with Crippen LogP contribution in [0.25, 0.3) is 10.8 Å². The van der Waals surface area contributed by atoms with E-state index in [4.69, 9.17) is 4.74 Å². The maximum Gasteiger partial charge on any atom is 0.290 e. The number of carbonyl (C=O) groups excluding carboxylic acids is 3. The zero-order valence-corrected chi connectivity index (χ0v) is 19.3. The van der Waals surface area contributed by atoms with Crippen LogP contribution >= 0.6 is 0 Å². The minimum Gasteiger partial charge on any atom is -0.484 e. The predicted molar refractivity (Wildman–Crippen MR) is 128 cm³/mol. The van der Waals surface area contributed by atoms with Crippen LogP contribution in [0.15, 0.2) is 53.3 Å². The molecule has 3 rings (SSSR count). The van der Waals surface area contributed by atoms with Gasteiger partial charge in [0.05, 0.1) is 5.39 Å². The second kappa shape index (κ2) is 11.7. The van der Waals surface area contributed by atoms with Crippen molar-refractivity contribution in [3.8, 4) is 5.75 Å². The van der Waals surface area contributed by atoms with E-state index in [2.05, 4.69) is 22.9 Å². The van der Waals surface area contributed by atoms with E-state index < -0.39 is 11.8 Å². The monoisotopic (exact) mass is 464 g/mol. The van der Waals surface area contributed by atoms with Crippen molar-refractivity contribution < 1.29 is 19.1 Å². The zero-order valence-electron chi connectivity index (χ0n) is 19.3. The van der Waals surface area contributed by atoms with Crippen LogP contribution in [-0.2, 0) is 11.3 Å². The lowest BCUT2D eigenvalue weighted by molar-refractivity contribution is -0.123. The fourth-order valence-corrected chi connectivity index (χ4v) is 3.38. The molecule has 1 heterocycles. The first-order valence-electron chi connectivity index (χ1n) is 11.3. The number of Topliss-reactive ketones (excluding diaryl/α,β-unsaturated/α-hetero) is 1. The van der Waals surface area contributed by atoms with Crippen molar-refractivity contribution in [3.05, 3.63) is 70.1 Å². The fourth-order valence-electron chi connectivity index (χ4n) is 3.38. The van der Waals surface area contributed by atoms with E-state index in [1.54, 1.807) is 55.5 Å². The Bertz CT molecular complexity index is 1230. The number of hydrogen-bond acceptors (Lipinski definition) is 6. The van der Waals surface area contributed by atoms with Gasteiger partial charge in [0.1, 0.15) is 5.75 Å². The number of nitrogens with zero attached hydrogens (tertiary/aromatic N) is 2. The number of aryl methyl sites for hydroxylation is 1. The third-order valence-electron chi connectivity index (χ3n) is 5.24. The van der Waals surface area contributed by atoms with Crippen molar-refractivity contribution >= 4 is 28.4 Å². The van der Waals surface area contributed by atoms with Crippen LogP contribution in [0, 0.1) is 0 Å². The van der Waals surface area contributed by atoms with E-state index in [9.17, 15) is 19.2 Å². The summed E-state index contributed by atoms with van der Waals surface area (Å²) >= 11 is 0. The van der Waals surface area contributed by atoms with Crippen LogP contribution in [-0.4, -0.2) is 34.0 Å². The number of unbranched alkanes of at least 4 members (excludes halogenated alkanes) is 2. The van der Waals surface area contributed by atoms with Crippen molar-refractivity contribution in [2.45, 2.75) is 46.1 Å². The number of hydrazine groups is 1. The van der Waals surface area contributed by atoms with Gasteiger partial charge in [-0.1, -0.05) is 44.9 Å². The van der Waals surface area contributed by atoms with Gasteiger partial charge in [-0.25, -0.2) is 4.68 Å². The molecule has 0 aliphatic heterocycles. The summed E-state index contributed by atoms with van der Waals surface area (Å²) in [7, 11) is 0. The third-order valence-corrected chi connectivity index (χ3v) is 5.24. The Morgan fingerprint density at radius 3 is 2.32 bits per heavy atom. The van der Waals surface area contributed by atoms with E-state index in [1.165, 1.54) is 4.68 Å². The van der Waals surface area contributed by atoms with Gasteiger partial charge in [0.2, 0.25) is 0 Å². The summed E-state index contributed by atoms with van der Waals surface area (Å²) < 4.78 is 6.69. The molecule has 9 heteroatoms. The van der Waals surface area contributed by atoms with Gasteiger partial charge in [0.15, 0.2) is 18.1 Å². The first-order valence-corrected chi connectivity index (χ1v) is 11.3. The molecule has 3 aromatic rings. The van der Waals surface area contributed by atoms with Gasteiger partial charge in [0.25, 0.3) is 17.4 Å². The van der Waals surface area contributed by atoms with E-state index in [-0.39, 0.29) is 23.6 Å². The number of ketones is 1. The first-order chi connectivity index (χ1) is 16.4. The summed E-state index contributed by atoms with van der Waals surface area (Å²) in [6, 6.07) is 13.2. The normalized spacial score (nSPS) is 10.6. The molecule has 0 aliphatic carbocycles. The minimum absolute atomic E-state index is 0.0184. The molecule has 0 unspecified atom stereocenters. The molecule has 0 atom stereocenters. The highest BCUT2D eigenvalue weighted by molar-refractivity contribution is 6.05. The van der Waals surface area contributed by atoms with Gasteiger partial charge in [-0.2, -0.15) is 5.10 Å². The van der Waals surface area contributed by atoms with Crippen LogP contribution in [0.4, 0.5) is 0 Å². The average Bonchev–Trinajstić information content (AvgIpc) is 2.87. The van der Waals surface area contributed by atoms with E-state index in [0.29, 0.717) is 35.1 Å². The number of hydrogen-bond donors (Lipinski definition) is 2. The summed E-state index contributed by atoms with van der Waals surface area (Å²) in [4.78, 5) is 49.3. The van der Waals surface area contributed by atoms with Gasteiger partial charge in [-0.05, 0) is 36.8 Å². The second-order valence-corrected chi connectivity index (χ2v) is 7.72. The van der Waals surface area contributed by atoms with Crippen molar-refractivity contribution in [1.82, 2.24) is 20.6 Å². The lowest BCUT2D eigenvalue weighted by Gasteiger charge is -2.12. The molecule has 0 saturated carbocycles. The summed E-state index contributed by atoms with van der Waals surface area (Å²) in [6.07, 6.45) is 3.11. The maximum atomic E-state index is 12.8. The number of fused-ring (bicyclic) bond motifs is 1. The van der Waals surface area contributed by atoms with Crippen molar-refractivity contribution in [2.75, 3.05) is 6.61 Å². The van der Waals surface area contributed by atoms with E-state index in [1.807, 2.05) is 0 Å². The molecule has 0 spiro atoms. The highest BCUT2D eigenvalue weighted by Gasteiger charge is 2.17. The number of benzene rings is 2. The molecule has 2 amide bonds. The van der Waals surface area contributed by atoms with Gasteiger partial charge < -0.3 is 4.74 Å². The molecule has 2 N–H and O–H groups in total. The standard InChI is InChI=1S/C25H28N4O5/c1-3-5-8-15-29-25(33)20-10-7-6-9-19(20)23(28-29)24(32)27-26-22(31)16-34-18-13-11-17(12-14-18)21(30)4-2/h6-7,9-14H,3-5,8,15-16H2,1-2H3,(H,26,31)(H,27,32). The molecule has 0 bridgehead atoms. The van der Waals surface area contributed by atoms with E-state index in [0.717, 1.165) is 19.3 Å². The summed E-state index contributed by atoms with van der Waals surface area (Å²) in [5.74, 6) is -0.787. The number of carbonyl (C=O) groups is 3. The summed E-state index contributed by atoms with van der Waals surface area (Å²) in [6.45, 7) is 3.90. The lowest BCUT2D eigenvalue weighted by atomic mass is 10.1. The Morgan fingerprint density at radius 1 is 0.941 bits per heavy atom. The average molecular weight is 465 g/mol. The maximum absolute atomic E-state index is 12.8. The Labute approximate surface area is 197 Å². The smallest absolute Gasteiger partial charge is 0.290 e. The number of rotatable bonds is 10. The molecule has 1 aromatic heterocycles. The molecule has 0 aliphatic rings. The molecule has 2 aromatic carbocycles. The Kier molecular flexibility index (Phi) is 8.50. The minimum atomic E-state index is -0.642. The SMILES string of the molecule is CCCCCn1nc(C(=O)NNC(=O)COc2ccc(C(=O)CC)cc2)c2ccccc2c1=O. The molecule has 178 valence electrons. The van der Waals surface area contributed by atoms with Crippen LogP contribution < -0.4 is 21.1 Å². The summed E-state index contributed by atoms with van der Waals surface area (Å²) in [5.41, 5.74) is 4.99. The van der Waals surface area contributed by atoms with Crippen molar-refractivity contribution in [1.29, 1.82) is 0 Å². The van der Waals surface area contributed by atoms with Crippen molar-refractivity contribution in [2.24, 2.45) is 0 Å². The molecule has 34 heavy (non-hydrogen) atoms. The fraction of sp³-hybridized carbons (Fsp3) is 0.320. The van der Waals surface area contributed by atoms with Gasteiger partial charge >= 0.3 is 0 Å². The first kappa shape index (κ1) is 24.6. The molecule has 0 fully saturated rings. The largest absolute Gasteiger partial charge is 0.484 e. The predicted octanol–water partition coefficient (Wildman–Crippen LogP) is 3.02. The quantitative estimate of drug-likeness (QED) is 0.270. The third kappa shape index (κ3) is 6.06. The molecular weight excluding hydrogens is 436 g/mol. The number of amides is 2. The number of aromatic nitrogens is 2. The number of nitrogens with one attached hydrogen (secondary N) is 2. The molecule has 0 radical (unpaired) electrons. The van der Waals surface area contributed by atoms with E-state index >= 15 is 0 Å². The molecular formula is C25H28N4O5. The molecule has 9 nitrogen and oxygen atoms in total. The second-order valence-electron chi connectivity index (χ2n) is 7.72. The van der Waals surface area contributed by atoms with Crippen LogP contribution in [0.5, 0.6) is 5.75 Å². The van der Waals surface area contributed by atoms with Gasteiger partial charge in [0, 0.05) is 23.9 Å². The Hall–Kier alpha value is -4.01. The summed E-state index contributed by atoms with van der Waals surface area (Å²) in [5, 5.41) is 5.05. The zero-order chi connectivity index (χ0) is 24.5. The van der Waals surface area contributed by atoms with Crippen LogP contribution in [0.2, 0.25) is 0 Å². The topological polar surface area (TPSA) is 119 Å². The number of ether oxygens (including phenoxy) is 1. The van der Waals surface area contributed by atoms with Crippen LogP contribution in [0.1, 0.15) is 60.4 Å². The lowest BCUT2D eigenvalue weighted by Crippen LogP contribution is -2.44. The van der Waals surface area contributed by atoms with Crippen molar-refractivity contribution in [3.63, 3.8) is 0 Å². The highest BCUT2D eigenvalue weighted by atomic mass is 16.5.